The number of aryl methyl sites for hydroxylation is 2. The third-order valence-corrected chi connectivity index (χ3v) is 8.54. The molecular formula is C37H45FN4O4. The summed E-state index contributed by atoms with van der Waals surface area (Å²) in [6, 6.07) is 14.3. The summed E-state index contributed by atoms with van der Waals surface area (Å²) in [7, 11) is 0. The van der Waals surface area contributed by atoms with Crippen LogP contribution in [0.15, 0.2) is 60.9 Å². The highest BCUT2D eigenvalue weighted by molar-refractivity contribution is 5.90. The maximum atomic E-state index is 13.3. The lowest BCUT2D eigenvalue weighted by atomic mass is 9.82. The summed E-state index contributed by atoms with van der Waals surface area (Å²) in [6.07, 6.45) is 4.99. The summed E-state index contributed by atoms with van der Waals surface area (Å²) in [6.45, 7) is 15.9. The molecule has 4 aromatic rings. The molecule has 0 amide bonds. The van der Waals surface area contributed by atoms with Crippen LogP contribution >= 0.6 is 0 Å². The molecule has 0 spiro atoms. The van der Waals surface area contributed by atoms with E-state index >= 15 is 0 Å². The van der Waals surface area contributed by atoms with Gasteiger partial charge < -0.3 is 19.5 Å². The number of anilines is 1. The van der Waals surface area contributed by atoms with Gasteiger partial charge in [0.05, 0.1) is 17.9 Å². The van der Waals surface area contributed by atoms with Crippen LogP contribution in [-0.4, -0.2) is 50.9 Å². The van der Waals surface area contributed by atoms with Crippen LogP contribution in [0.1, 0.15) is 76.2 Å². The number of aliphatic carboxylic acids is 1. The number of nitrogens with zero attached hydrogens (tertiary/aromatic N) is 4. The number of ether oxygens (including phenoxy) is 2. The van der Waals surface area contributed by atoms with Crippen LogP contribution in [0, 0.1) is 25.1 Å². The molecule has 0 bridgehead atoms. The number of carbonyl (C=O) groups is 1. The molecule has 0 radical (unpaired) electrons. The number of pyridine rings is 1. The van der Waals surface area contributed by atoms with Crippen LogP contribution < -0.4 is 9.64 Å². The van der Waals surface area contributed by atoms with Crippen LogP contribution in [0.2, 0.25) is 0 Å². The molecule has 3 heterocycles. The van der Waals surface area contributed by atoms with Crippen LogP contribution in [0.5, 0.6) is 5.75 Å². The number of carboxylic acid groups (broad SMARTS) is 1. The van der Waals surface area contributed by atoms with Crippen molar-refractivity contribution in [3.05, 3.63) is 89.4 Å². The second-order valence-electron chi connectivity index (χ2n) is 13.9. The highest BCUT2D eigenvalue weighted by Gasteiger charge is 2.37. The predicted octanol–water partition coefficient (Wildman–Crippen LogP) is 7.88. The van der Waals surface area contributed by atoms with Crippen molar-refractivity contribution in [2.75, 3.05) is 24.6 Å². The average Bonchev–Trinajstić information content (AvgIpc) is 3.42. The van der Waals surface area contributed by atoms with Gasteiger partial charge in [-0.2, -0.15) is 0 Å². The molecule has 8 nitrogen and oxygen atoms in total. The molecule has 1 saturated heterocycles. The van der Waals surface area contributed by atoms with Crippen molar-refractivity contribution < 1.29 is 23.8 Å². The van der Waals surface area contributed by atoms with E-state index in [0.29, 0.717) is 35.9 Å². The van der Waals surface area contributed by atoms with Crippen molar-refractivity contribution >= 4 is 11.7 Å². The summed E-state index contributed by atoms with van der Waals surface area (Å²) in [5, 5.41) is 10.6. The maximum absolute atomic E-state index is 13.3. The molecule has 0 aliphatic carbocycles. The number of hydrogen-bond acceptors (Lipinski definition) is 6. The lowest BCUT2D eigenvalue weighted by Gasteiger charge is -2.41. The standard InChI is InChI=1S/C37H45FN4O4/c1-24-30(33(35(43)44)46-36(3,4)5)32(41-20-17-37(6,7)18-21-41)31(34(40-24)42-22-19-39-25(42)2)27-10-14-29(15-11-27)45-23-16-26-8-12-28(38)13-9-26/h8-15,19,22,33H,16-18,20-21,23H2,1-7H3,(H,43,44)/t33-/m0/s1. The quantitative estimate of drug-likeness (QED) is 0.191. The van der Waals surface area contributed by atoms with Gasteiger partial charge in [0.2, 0.25) is 0 Å². The Labute approximate surface area is 271 Å². The molecule has 1 N–H and O–H groups in total. The molecule has 46 heavy (non-hydrogen) atoms. The number of carboxylic acids is 1. The second-order valence-corrected chi connectivity index (χ2v) is 13.9. The minimum absolute atomic E-state index is 0.184. The molecular weight excluding hydrogens is 583 g/mol. The first kappa shape index (κ1) is 33.1. The van der Waals surface area contributed by atoms with Gasteiger partial charge in [0.25, 0.3) is 0 Å². The van der Waals surface area contributed by atoms with Crippen LogP contribution in [0.4, 0.5) is 10.1 Å². The Bertz CT molecular complexity index is 1660. The first-order valence-electron chi connectivity index (χ1n) is 15.9. The summed E-state index contributed by atoms with van der Waals surface area (Å²) >= 11 is 0. The van der Waals surface area contributed by atoms with Crippen molar-refractivity contribution in [2.24, 2.45) is 5.41 Å². The van der Waals surface area contributed by atoms with E-state index in [1.807, 2.05) is 69.6 Å². The summed E-state index contributed by atoms with van der Waals surface area (Å²) in [4.78, 5) is 24.8. The molecule has 2 aromatic carbocycles. The summed E-state index contributed by atoms with van der Waals surface area (Å²) < 4.78 is 27.6. The van der Waals surface area contributed by atoms with Crippen LogP contribution in [-0.2, 0) is 16.0 Å². The number of piperidine rings is 1. The smallest absolute Gasteiger partial charge is 0.337 e. The monoisotopic (exact) mass is 628 g/mol. The predicted molar refractivity (Wildman–Crippen MR) is 178 cm³/mol. The third kappa shape index (κ3) is 7.58. The Morgan fingerprint density at radius 1 is 1.04 bits per heavy atom. The van der Waals surface area contributed by atoms with Crippen LogP contribution in [0.3, 0.4) is 0 Å². The lowest BCUT2D eigenvalue weighted by molar-refractivity contribution is -0.160. The number of aromatic nitrogens is 3. The van der Waals surface area contributed by atoms with Gasteiger partial charge >= 0.3 is 5.97 Å². The zero-order chi connectivity index (χ0) is 33.2. The first-order valence-corrected chi connectivity index (χ1v) is 15.9. The minimum atomic E-state index is -1.22. The number of halogens is 1. The molecule has 9 heteroatoms. The van der Waals surface area contributed by atoms with E-state index in [9.17, 15) is 14.3 Å². The van der Waals surface area contributed by atoms with Gasteiger partial charge in [-0.1, -0.05) is 38.1 Å². The fourth-order valence-electron chi connectivity index (χ4n) is 5.95. The SMILES string of the molecule is Cc1nc(-n2ccnc2C)c(-c2ccc(OCCc3ccc(F)cc3)cc2)c(N2CCC(C)(C)CC2)c1[C@H](OC(C)(C)C)C(=O)O. The van der Waals surface area contributed by atoms with Crippen LogP contribution in [0.25, 0.3) is 16.9 Å². The first-order chi connectivity index (χ1) is 21.7. The van der Waals surface area contributed by atoms with E-state index in [2.05, 4.69) is 23.7 Å². The lowest BCUT2D eigenvalue weighted by Crippen LogP contribution is -2.39. The zero-order valence-electron chi connectivity index (χ0n) is 27.9. The third-order valence-electron chi connectivity index (χ3n) is 8.54. The molecule has 2 aromatic heterocycles. The van der Waals surface area contributed by atoms with Gasteiger partial charge in [0, 0.05) is 48.7 Å². The molecule has 1 atom stereocenters. The fraction of sp³-hybridized carbons (Fsp3) is 0.432. The van der Waals surface area contributed by atoms with E-state index in [-0.39, 0.29) is 11.2 Å². The van der Waals surface area contributed by atoms with Gasteiger partial charge in [0.1, 0.15) is 23.2 Å². The van der Waals surface area contributed by atoms with Gasteiger partial charge in [-0.3, -0.25) is 4.57 Å². The minimum Gasteiger partial charge on any atom is -0.493 e. The van der Waals surface area contributed by atoms with Gasteiger partial charge in [0.15, 0.2) is 6.10 Å². The van der Waals surface area contributed by atoms with Gasteiger partial charge in [-0.25, -0.2) is 19.2 Å². The average molecular weight is 629 g/mol. The van der Waals surface area contributed by atoms with Gasteiger partial charge in [-0.05, 0) is 88.3 Å². The number of rotatable bonds is 10. The highest BCUT2D eigenvalue weighted by atomic mass is 19.1. The van der Waals surface area contributed by atoms with Crippen molar-refractivity contribution in [1.82, 2.24) is 14.5 Å². The number of imidazole rings is 1. The topological polar surface area (TPSA) is 89.7 Å². The fourth-order valence-corrected chi connectivity index (χ4v) is 5.95. The Balaban J connectivity index is 1.64. The van der Waals surface area contributed by atoms with E-state index < -0.39 is 17.7 Å². The number of hydrogen-bond donors (Lipinski definition) is 1. The molecule has 1 fully saturated rings. The van der Waals surface area contributed by atoms with Crippen molar-refractivity contribution in [1.29, 1.82) is 0 Å². The van der Waals surface area contributed by atoms with Crippen molar-refractivity contribution in [3.63, 3.8) is 0 Å². The molecule has 1 aliphatic rings. The normalized spacial score (nSPS) is 15.5. The summed E-state index contributed by atoms with van der Waals surface area (Å²) in [5.74, 6) is 0.841. The number of benzene rings is 2. The largest absolute Gasteiger partial charge is 0.493 e. The highest BCUT2D eigenvalue weighted by Crippen LogP contribution is 2.46. The second kappa shape index (κ2) is 13.2. The Morgan fingerprint density at radius 2 is 1.70 bits per heavy atom. The Hall–Kier alpha value is -4.24. The molecule has 5 rings (SSSR count). The van der Waals surface area contributed by atoms with E-state index in [4.69, 9.17) is 14.5 Å². The Kier molecular flexibility index (Phi) is 9.54. The Morgan fingerprint density at radius 3 is 2.26 bits per heavy atom. The molecule has 1 aliphatic heterocycles. The van der Waals surface area contributed by atoms with Crippen molar-refractivity contribution in [3.8, 4) is 22.7 Å². The molecule has 244 valence electrons. The van der Waals surface area contributed by atoms with E-state index in [1.54, 1.807) is 18.3 Å². The maximum Gasteiger partial charge on any atom is 0.337 e. The van der Waals surface area contributed by atoms with Crippen molar-refractivity contribution in [2.45, 2.75) is 79.4 Å². The van der Waals surface area contributed by atoms with E-state index in [0.717, 1.165) is 54.1 Å². The van der Waals surface area contributed by atoms with E-state index in [1.165, 1.54) is 12.1 Å². The van der Waals surface area contributed by atoms with Gasteiger partial charge in [-0.15, -0.1) is 0 Å². The summed E-state index contributed by atoms with van der Waals surface area (Å²) in [5.41, 5.74) is 4.17. The zero-order valence-corrected chi connectivity index (χ0v) is 27.9. The molecule has 0 saturated carbocycles. The molecule has 0 unspecified atom stereocenters.